The Hall–Kier alpha value is -2.08. The maximum absolute atomic E-state index is 11.9. The molecule has 0 atom stereocenters. The van der Waals surface area contributed by atoms with E-state index in [9.17, 15) is 4.79 Å². The molecule has 0 radical (unpaired) electrons. The molecule has 1 aromatic rings. The van der Waals surface area contributed by atoms with Crippen LogP contribution in [-0.2, 0) is 11.2 Å². The van der Waals surface area contributed by atoms with Crippen LogP contribution < -0.4 is 15.0 Å². The molecule has 2 aliphatic heterocycles. The zero-order valence-corrected chi connectivity index (χ0v) is 18.3. The highest BCUT2D eigenvalue weighted by Crippen LogP contribution is 2.32. The number of ether oxygens (including phenoxy) is 1. The number of fused-ring (bicyclic) bond motifs is 1. The Morgan fingerprint density at radius 1 is 1.23 bits per heavy atom. The highest BCUT2D eigenvalue weighted by atomic mass is 16.5. The van der Waals surface area contributed by atoms with Crippen LogP contribution in [0, 0.1) is 5.92 Å². The van der Waals surface area contributed by atoms with Crippen molar-refractivity contribution in [1.29, 1.82) is 0 Å². The van der Waals surface area contributed by atoms with E-state index in [4.69, 9.17) is 4.74 Å². The lowest BCUT2D eigenvalue weighted by Crippen LogP contribution is -2.47. The summed E-state index contributed by atoms with van der Waals surface area (Å²) in [5.74, 6) is 3.14. The molecule has 1 amide bonds. The Balaban J connectivity index is 1.15. The molecule has 0 unspecified atom stereocenters. The summed E-state index contributed by atoms with van der Waals surface area (Å²) in [6.45, 7) is 8.27. The number of anilines is 1. The molecule has 1 saturated heterocycles. The second-order valence-electron chi connectivity index (χ2n) is 8.89. The molecule has 3 heterocycles. The zero-order valence-electron chi connectivity index (χ0n) is 18.3. The van der Waals surface area contributed by atoms with Crippen LogP contribution in [0.2, 0.25) is 0 Å². The molecular formula is C24H36N4O2. The molecule has 6 nitrogen and oxygen atoms in total. The number of rotatable bonds is 7. The van der Waals surface area contributed by atoms with Gasteiger partial charge < -0.3 is 15.0 Å². The summed E-state index contributed by atoms with van der Waals surface area (Å²) in [7, 11) is 0. The molecule has 1 N–H and O–H groups in total. The number of amides is 1. The Morgan fingerprint density at radius 2 is 2.03 bits per heavy atom. The standard InChI is InChI=1S/C24H36N4O2/c1-2-3-4-23(29)26-20-7-5-19(6-8-20)10-13-27-14-16-28(17-15-27)24-21-11-18-30-22(21)9-12-25-24/h2-3,9,12,19-20H,4-8,10-11,13-18H2,1H3,(H,26,29)/t19-,20-. The van der Waals surface area contributed by atoms with Crippen LogP contribution in [0.15, 0.2) is 24.4 Å². The second kappa shape index (κ2) is 10.3. The van der Waals surface area contributed by atoms with E-state index in [1.165, 1.54) is 31.4 Å². The van der Waals surface area contributed by atoms with E-state index < -0.39 is 0 Å². The van der Waals surface area contributed by atoms with Gasteiger partial charge >= 0.3 is 0 Å². The molecule has 3 aliphatic rings. The van der Waals surface area contributed by atoms with Gasteiger partial charge in [0.2, 0.25) is 5.91 Å². The van der Waals surface area contributed by atoms with E-state index in [0.717, 1.165) is 69.5 Å². The number of allylic oxidation sites excluding steroid dienone is 1. The molecule has 0 aromatic carbocycles. The highest BCUT2D eigenvalue weighted by molar-refractivity contribution is 5.77. The minimum Gasteiger partial charge on any atom is -0.493 e. The summed E-state index contributed by atoms with van der Waals surface area (Å²) >= 11 is 0. The first kappa shape index (κ1) is 21.2. The molecule has 6 heteroatoms. The van der Waals surface area contributed by atoms with Gasteiger partial charge in [0.05, 0.1) is 6.61 Å². The van der Waals surface area contributed by atoms with Gasteiger partial charge in [0.25, 0.3) is 0 Å². The van der Waals surface area contributed by atoms with Gasteiger partial charge in [-0.05, 0) is 57.6 Å². The summed E-state index contributed by atoms with van der Waals surface area (Å²) in [6, 6.07) is 2.37. The van der Waals surface area contributed by atoms with E-state index in [2.05, 4.69) is 20.1 Å². The van der Waals surface area contributed by atoms with Crippen molar-refractivity contribution < 1.29 is 9.53 Å². The summed E-state index contributed by atoms with van der Waals surface area (Å²) in [6.07, 6.45) is 13.3. The number of carbonyl (C=O) groups is 1. The SMILES string of the molecule is CC=CCC(=O)N[C@H]1CC[C@H](CCN2CCN(c3nccc4c3CCO4)CC2)CC1. The lowest BCUT2D eigenvalue weighted by atomic mass is 9.84. The van der Waals surface area contributed by atoms with Gasteiger partial charge in [0.15, 0.2) is 0 Å². The van der Waals surface area contributed by atoms with Gasteiger partial charge in [0.1, 0.15) is 11.6 Å². The zero-order chi connectivity index (χ0) is 20.8. The Bertz CT molecular complexity index is 735. The lowest BCUT2D eigenvalue weighted by Gasteiger charge is -2.37. The van der Waals surface area contributed by atoms with Crippen molar-refractivity contribution in [2.75, 3.05) is 44.2 Å². The number of nitrogens with one attached hydrogen (secondary N) is 1. The van der Waals surface area contributed by atoms with E-state index in [1.807, 2.05) is 31.3 Å². The van der Waals surface area contributed by atoms with Gasteiger partial charge in [-0.25, -0.2) is 4.98 Å². The molecule has 164 valence electrons. The van der Waals surface area contributed by atoms with Crippen LogP contribution in [0.1, 0.15) is 51.0 Å². The van der Waals surface area contributed by atoms with Gasteiger partial charge in [0, 0.05) is 56.8 Å². The van der Waals surface area contributed by atoms with Crippen molar-refractivity contribution in [3.63, 3.8) is 0 Å². The van der Waals surface area contributed by atoms with Crippen molar-refractivity contribution in [1.82, 2.24) is 15.2 Å². The molecule has 1 aliphatic carbocycles. The van der Waals surface area contributed by atoms with Crippen molar-refractivity contribution in [3.05, 3.63) is 30.0 Å². The Morgan fingerprint density at radius 3 is 2.80 bits per heavy atom. The maximum Gasteiger partial charge on any atom is 0.224 e. The number of nitrogens with zero attached hydrogens (tertiary/aromatic N) is 3. The van der Waals surface area contributed by atoms with E-state index in [-0.39, 0.29) is 5.91 Å². The third kappa shape index (κ3) is 5.34. The topological polar surface area (TPSA) is 57.7 Å². The first-order valence-corrected chi connectivity index (χ1v) is 11.7. The number of hydrogen-bond acceptors (Lipinski definition) is 5. The van der Waals surface area contributed by atoms with Crippen molar-refractivity contribution >= 4 is 11.7 Å². The van der Waals surface area contributed by atoms with Crippen LogP contribution in [0.3, 0.4) is 0 Å². The van der Waals surface area contributed by atoms with Gasteiger partial charge in [-0.2, -0.15) is 0 Å². The quantitative estimate of drug-likeness (QED) is 0.697. The Labute approximate surface area is 180 Å². The predicted octanol–water partition coefficient (Wildman–Crippen LogP) is 3.17. The van der Waals surface area contributed by atoms with Crippen LogP contribution in [0.25, 0.3) is 0 Å². The van der Waals surface area contributed by atoms with Crippen molar-refractivity contribution in [2.24, 2.45) is 5.92 Å². The minimum atomic E-state index is 0.166. The molecule has 0 spiro atoms. The van der Waals surface area contributed by atoms with Crippen molar-refractivity contribution in [2.45, 2.75) is 57.9 Å². The molecule has 0 bridgehead atoms. The molecule has 30 heavy (non-hydrogen) atoms. The van der Waals surface area contributed by atoms with E-state index in [1.54, 1.807) is 0 Å². The molecule has 4 rings (SSSR count). The largest absolute Gasteiger partial charge is 0.493 e. The van der Waals surface area contributed by atoms with Crippen LogP contribution in [0.5, 0.6) is 5.75 Å². The lowest BCUT2D eigenvalue weighted by molar-refractivity contribution is -0.121. The van der Waals surface area contributed by atoms with Crippen LogP contribution in [-0.4, -0.2) is 61.2 Å². The summed E-state index contributed by atoms with van der Waals surface area (Å²) in [4.78, 5) is 21.6. The highest BCUT2D eigenvalue weighted by Gasteiger charge is 2.26. The van der Waals surface area contributed by atoms with Crippen LogP contribution in [0.4, 0.5) is 5.82 Å². The number of aromatic nitrogens is 1. The van der Waals surface area contributed by atoms with E-state index >= 15 is 0 Å². The van der Waals surface area contributed by atoms with Gasteiger partial charge in [-0.3, -0.25) is 9.69 Å². The second-order valence-corrected chi connectivity index (χ2v) is 8.89. The molecular weight excluding hydrogens is 376 g/mol. The van der Waals surface area contributed by atoms with Crippen LogP contribution >= 0.6 is 0 Å². The normalized spacial score (nSPS) is 24.6. The number of pyridine rings is 1. The fourth-order valence-electron chi connectivity index (χ4n) is 5.03. The molecule has 1 saturated carbocycles. The number of hydrogen-bond donors (Lipinski definition) is 1. The average molecular weight is 413 g/mol. The first-order valence-electron chi connectivity index (χ1n) is 11.7. The fraction of sp³-hybridized carbons (Fsp3) is 0.667. The first-order chi connectivity index (χ1) is 14.7. The van der Waals surface area contributed by atoms with Gasteiger partial charge in [-0.15, -0.1) is 0 Å². The maximum atomic E-state index is 11.9. The summed E-state index contributed by atoms with van der Waals surface area (Å²) in [5.41, 5.74) is 1.29. The van der Waals surface area contributed by atoms with E-state index in [0.29, 0.717) is 12.5 Å². The van der Waals surface area contributed by atoms with Gasteiger partial charge in [-0.1, -0.05) is 12.2 Å². The third-order valence-electron chi connectivity index (χ3n) is 6.88. The summed E-state index contributed by atoms with van der Waals surface area (Å²) in [5, 5.41) is 3.20. The molecule has 2 fully saturated rings. The number of piperazine rings is 1. The average Bonchev–Trinajstić information content (AvgIpc) is 3.27. The number of carbonyl (C=O) groups excluding carboxylic acids is 1. The third-order valence-corrected chi connectivity index (χ3v) is 6.88. The fourth-order valence-corrected chi connectivity index (χ4v) is 5.03. The minimum absolute atomic E-state index is 0.166. The summed E-state index contributed by atoms with van der Waals surface area (Å²) < 4.78 is 5.70. The predicted molar refractivity (Wildman–Crippen MR) is 120 cm³/mol. The Kier molecular flexibility index (Phi) is 7.26. The smallest absolute Gasteiger partial charge is 0.224 e. The van der Waals surface area contributed by atoms with Crippen molar-refractivity contribution in [3.8, 4) is 5.75 Å². The molecule has 1 aromatic heterocycles. The monoisotopic (exact) mass is 412 g/mol.